The summed E-state index contributed by atoms with van der Waals surface area (Å²) in [7, 11) is 0. The second-order valence-electron chi connectivity index (χ2n) is 5.01. The molecule has 2 unspecified atom stereocenters. The summed E-state index contributed by atoms with van der Waals surface area (Å²) < 4.78 is 12.5. The Morgan fingerprint density at radius 1 is 1.05 bits per heavy atom. The van der Waals surface area contributed by atoms with Crippen molar-refractivity contribution in [2.45, 2.75) is 44.2 Å². The molecule has 1 saturated carbocycles. The van der Waals surface area contributed by atoms with E-state index in [1.165, 1.54) is 19.3 Å². The molecule has 1 fully saturated rings. The average molecular weight is 328 g/mol. The molecule has 0 saturated heterocycles. The summed E-state index contributed by atoms with van der Waals surface area (Å²) in [5, 5.41) is 0. The van der Waals surface area contributed by atoms with Crippen molar-refractivity contribution < 1.29 is 9.47 Å². The Labute approximate surface area is 123 Å². The van der Waals surface area contributed by atoms with Crippen LogP contribution in [0.5, 0.6) is 5.75 Å². The van der Waals surface area contributed by atoms with Gasteiger partial charge in [-0.25, -0.2) is 0 Å². The lowest BCUT2D eigenvalue weighted by atomic mass is 10.1. The summed E-state index contributed by atoms with van der Waals surface area (Å²) >= 11 is 3.40. The van der Waals surface area contributed by atoms with Crippen LogP contribution in [-0.4, -0.2) is 25.4 Å². The third kappa shape index (κ3) is 5.13. The van der Waals surface area contributed by atoms with Crippen LogP contribution in [0.15, 0.2) is 28.7 Å². The van der Waals surface area contributed by atoms with E-state index in [-0.39, 0.29) is 12.1 Å². The first-order valence-corrected chi connectivity index (χ1v) is 7.80. The Hall–Kier alpha value is -0.580. The molecule has 0 heterocycles. The molecule has 1 aromatic rings. The van der Waals surface area contributed by atoms with E-state index in [0.29, 0.717) is 13.2 Å². The van der Waals surface area contributed by atoms with Gasteiger partial charge in [0, 0.05) is 10.5 Å². The topological polar surface area (TPSA) is 44.5 Å². The molecule has 1 aliphatic carbocycles. The van der Waals surface area contributed by atoms with E-state index in [1.807, 2.05) is 24.3 Å². The van der Waals surface area contributed by atoms with Crippen molar-refractivity contribution in [3.8, 4) is 5.75 Å². The number of hydrogen-bond donors (Lipinski definition) is 1. The van der Waals surface area contributed by atoms with E-state index in [4.69, 9.17) is 15.2 Å². The quantitative estimate of drug-likeness (QED) is 0.665. The normalized spacial score (nSPS) is 23.9. The Morgan fingerprint density at radius 3 is 2.58 bits per heavy atom. The van der Waals surface area contributed by atoms with Gasteiger partial charge in [0.1, 0.15) is 12.4 Å². The molecule has 1 aromatic carbocycles. The van der Waals surface area contributed by atoms with E-state index in [9.17, 15) is 0 Å². The Balaban J connectivity index is 1.67. The highest BCUT2D eigenvalue weighted by Gasteiger charge is 2.20. The first kappa shape index (κ1) is 14.8. The lowest BCUT2D eigenvalue weighted by molar-refractivity contribution is 0.0152. The maximum absolute atomic E-state index is 6.12. The number of benzene rings is 1. The van der Waals surface area contributed by atoms with Gasteiger partial charge >= 0.3 is 0 Å². The zero-order chi connectivity index (χ0) is 13.5. The maximum Gasteiger partial charge on any atom is 0.119 e. The van der Waals surface area contributed by atoms with Gasteiger partial charge in [-0.15, -0.1) is 0 Å². The molecule has 4 heteroatoms. The van der Waals surface area contributed by atoms with Gasteiger partial charge in [0.2, 0.25) is 0 Å². The number of rotatable bonds is 5. The van der Waals surface area contributed by atoms with Crippen molar-refractivity contribution in [3.63, 3.8) is 0 Å². The monoisotopic (exact) mass is 327 g/mol. The second-order valence-corrected chi connectivity index (χ2v) is 5.93. The summed E-state index contributed by atoms with van der Waals surface area (Å²) in [6.07, 6.45) is 6.11. The lowest BCUT2D eigenvalue weighted by Crippen LogP contribution is -2.36. The van der Waals surface area contributed by atoms with Crippen molar-refractivity contribution in [1.29, 1.82) is 0 Å². The number of ether oxygens (including phenoxy) is 2. The standard InChI is InChI=1S/C15H22BrNO2/c16-12-6-8-13(9-7-12)18-10-11-19-15-5-3-1-2-4-14(15)17/h6-9,14-15H,1-5,10-11,17H2. The van der Waals surface area contributed by atoms with Gasteiger partial charge in [-0.2, -0.15) is 0 Å². The number of nitrogens with two attached hydrogens (primary N) is 1. The minimum absolute atomic E-state index is 0.190. The highest BCUT2D eigenvalue weighted by Crippen LogP contribution is 2.19. The molecule has 2 N–H and O–H groups in total. The summed E-state index contributed by atoms with van der Waals surface area (Å²) in [5.74, 6) is 0.872. The summed E-state index contributed by atoms with van der Waals surface area (Å²) in [4.78, 5) is 0. The van der Waals surface area contributed by atoms with E-state index in [0.717, 1.165) is 23.1 Å². The molecular weight excluding hydrogens is 306 g/mol. The van der Waals surface area contributed by atoms with Gasteiger partial charge in [0.15, 0.2) is 0 Å². The minimum atomic E-state index is 0.190. The Morgan fingerprint density at radius 2 is 1.79 bits per heavy atom. The highest BCUT2D eigenvalue weighted by molar-refractivity contribution is 9.10. The van der Waals surface area contributed by atoms with Crippen LogP contribution in [0.2, 0.25) is 0 Å². The molecule has 0 bridgehead atoms. The molecule has 0 aromatic heterocycles. The lowest BCUT2D eigenvalue weighted by Gasteiger charge is -2.21. The Bertz CT molecular complexity index is 369. The number of halogens is 1. The second kappa shape index (κ2) is 7.88. The zero-order valence-electron chi connectivity index (χ0n) is 11.2. The van der Waals surface area contributed by atoms with E-state index >= 15 is 0 Å². The van der Waals surface area contributed by atoms with Crippen LogP contribution in [0.25, 0.3) is 0 Å². The zero-order valence-corrected chi connectivity index (χ0v) is 12.8. The fourth-order valence-corrected chi connectivity index (χ4v) is 2.66. The SMILES string of the molecule is NC1CCCCCC1OCCOc1ccc(Br)cc1. The molecule has 106 valence electrons. The van der Waals surface area contributed by atoms with Crippen molar-refractivity contribution in [2.24, 2.45) is 5.73 Å². The molecule has 0 aliphatic heterocycles. The molecule has 1 aliphatic rings. The van der Waals surface area contributed by atoms with Gasteiger partial charge in [0.05, 0.1) is 12.7 Å². The van der Waals surface area contributed by atoms with E-state index < -0.39 is 0 Å². The van der Waals surface area contributed by atoms with Crippen molar-refractivity contribution in [2.75, 3.05) is 13.2 Å². The van der Waals surface area contributed by atoms with E-state index in [2.05, 4.69) is 15.9 Å². The number of hydrogen-bond acceptors (Lipinski definition) is 3. The Kier molecular flexibility index (Phi) is 6.14. The maximum atomic E-state index is 6.12. The molecular formula is C15H22BrNO2. The van der Waals surface area contributed by atoms with E-state index in [1.54, 1.807) is 0 Å². The average Bonchev–Trinajstić information content (AvgIpc) is 2.62. The molecule has 0 radical (unpaired) electrons. The predicted octanol–water partition coefficient (Wildman–Crippen LogP) is 3.50. The van der Waals surface area contributed by atoms with Crippen molar-refractivity contribution in [3.05, 3.63) is 28.7 Å². The first-order valence-electron chi connectivity index (χ1n) is 7.01. The summed E-state index contributed by atoms with van der Waals surface area (Å²) in [6.45, 7) is 1.18. The van der Waals surface area contributed by atoms with Gasteiger partial charge in [-0.1, -0.05) is 35.2 Å². The fraction of sp³-hybridized carbons (Fsp3) is 0.600. The smallest absolute Gasteiger partial charge is 0.119 e. The van der Waals surface area contributed by atoms with Crippen LogP contribution < -0.4 is 10.5 Å². The fourth-order valence-electron chi connectivity index (χ4n) is 2.40. The van der Waals surface area contributed by atoms with Crippen LogP contribution >= 0.6 is 15.9 Å². The molecule has 2 atom stereocenters. The van der Waals surface area contributed by atoms with Crippen molar-refractivity contribution in [1.82, 2.24) is 0 Å². The highest BCUT2D eigenvalue weighted by atomic mass is 79.9. The van der Waals surface area contributed by atoms with Gasteiger partial charge in [-0.05, 0) is 37.1 Å². The van der Waals surface area contributed by atoms with Crippen LogP contribution in [0.4, 0.5) is 0 Å². The third-order valence-electron chi connectivity index (χ3n) is 3.50. The third-order valence-corrected chi connectivity index (χ3v) is 4.03. The van der Waals surface area contributed by atoms with Crippen LogP contribution in [-0.2, 0) is 4.74 Å². The molecule has 0 spiro atoms. The molecule has 3 nitrogen and oxygen atoms in total. The van der Waals surface area contributed by atoms with Gasteiger partial charge < -0.3 is 15.2 Å². The van der Waals surface area contributed by atoms with Crippen LogP contribution in [0, 0.1) is 0 Å². The molecule has 2 rings (SSSR count). The molecule has 0 amide bonds. The largest absolute Gasteiger partial charge is 0.491 e. The summed E-state index contributed by atoms with van der Waals surface area (Å²) in [5.41, 5.74) is 6.12. The van der Waals surface area contributed by atoms with Crippen molar-refractivity contribution >= 4 is 15.9 Å². The van der Waals surface area contributed by atoms with Gasteiger partial charge in [-0.3, -0.25) is 0 Å². The molecule has 19 heavy (non-hydrogen) atoms. The minimum Gasteiger partial charge on any atom is -0.491 e. The predicted molar refractivity (Wildman–Crippen MR) is 80.4 cm³/mol. The van der Waals surface area contributed by atoms with Gasteiger partial charge in [0.25, 0.3) is 0 Å². The van der Waals surface area contributed by atoms with Crippen LogP contribution in [0.3, 0.4) is 0 Å². The first-order chi connectivity index (χ1) is 9.25. The van der Waals surface area contributed by atoms with Crippen LogP contribution in [0.1, 0.15) is 32.1 Å². The summed E-state index contributed by atoms with van der Waals surface area (Å²) in [6, 6.07) is 8.02.